The van der Waals surface area contributed by atoms with Crippen molar-refractivity contribution in [3.05, 3.63) is 23.3 Å². The van der Waals surface area contributed by atoms with Gasteiger partial charge >= 0.3 is 0 Å². The SMILES string of the molecule is C[C@@H]1C=C2CC(=O)C=C2[C@@]2(O[Si](C)(C)C)[C@H](C)CC3C([C@@H]2[C@@H]1O[Si](C)(C)C(C)(C)C)C3(C)C. The van der Waals surface area contributed by atoms with E-state index in [9.17, 15) is 4.79 Å². The minimum Gasteiger partial charge on any atom is -0.413 e. The van der Waals surface area contributed by atoms with Gasteiger partial charge in [0.2, 0.25) is 0 Å². The van der Waals surface area contributed by atoms with E-state index in [2.05, 4.69) is 87.3 Å². The zero-order valence-corrected chi connectivity index (χ0v) is 25.3. The number of hydrogen-bond donors (Lipinski definition) is 0. The van der Waals surface area contributed by atoms with Gasteiger partial charge in [-0.1, -0.05) is 54.5 Å². The second-order valence-corrected chi connectivity index (χ2v) is 23.9. The molecule has 0 spiro atoms. The summed E-state index contributed by atoms with van der Waals surface area (Å²) in [5.74, 6) is 2.45. The molecule has 0 aliphatic heterocycles. The summed E-state index contributed by atoms with van der Waals surface area (Å²) in [5, 5.41) is 0.151. The lowest BCUT2D eigenvalue weighted by atomic mass is 9.62. The van der Waals surface area contributed by atoms with Gasteiger partial charge in [-0.05, 0) is 90.5 Å². The van der Waals surface area contributed by atoms with Gasteiger partial charge in [0.05, 0.1) is 11.7 Å². The van der Waals surface area contributed by atoms with E-state index in [0.29, 0.717) is 29.6 Å². The number of fused-ring (bicyclic) bond motifs is 5. The first-order valence-corrected chi connectivity index (χ1v) is 19.5. The molecule has 0 bridgehead atoms. The number of hydrogen-bond acceptors (Lipinski definition) is 3. The molecule has 2 saturated carbocycles. The van der Waals surface area contributed by atoms with Gasteiger partial charge in [0.15, 0.2) is 22.4 Å². The van der Waals surface area contributed by atoms with Crippen LogP contribution in [-0.4, -0.2) is 34.1 Å². The lowest BCUT2D eigenvalue weighted by Crippen LogP contribution is -2.61. The van der Waals surface area contributed by atoms with Crippen molar-refractivity contribution in [2.24, 2.45) is 35.0 Å². The third kappa shape index (κ3) is 3.93. The van der Waals surface area contributed by atoms with Crippen LogP contribution in [0.1, 0.15) is 61.3 Å². The zero-order valence-electron chi connectivity index (χ0n) is 23.3. The molecular weight excluding hydrogens is 440 g/mol. The van der Waals surface area contributed by atoms with Crippen molar-refractivity contribution in [2.45, 2.75) is 111 Å². The fourth-order valence-electron chi connectivity index (χ4n) is 7.26. The van der Waals surface area contributed by atoms with Gasteiger partial charge in [-0.15, -0.1) is 0 Å². The van der Waals surface area contributed by atoms with E-state index in [1.165, 1.54) is 17.6 Å². The molecule has 0 aromatic rings. The van der Waals surface area contributed by atoms with E-state index in [-0.39, 0.29) is 28.8 Å². The molecule has 0 N–H and O–H groups in total. The second-order valence-electron chi connectivity index (χ2n) is 14.7. The molecule has 33 heavy (non-hydrogen) atoms. The molecule has 4 rings (SSSR count). The Hall–Kier alpha value is -0.496. The van der Waals surface area contributed by atoms with Crippen LogP contribution in [0.3, 0.4) is 0 Å². The first-order valence-electron chi connectivity index (χ1n) is 13.2. The Morgan fingerprint density at radius 2 is 1.64 bits per heavy atom. The molecule has 2 unspecified atom stereocenters. The van der Waals surface area contributed by atoms with Crippen molar-refractivity contribution in [3.63, 3.8) is 0 Å². The first-order chi connectivity index (χ1) is 14.8. The number of carbonyl (C=O) groups excluding carboxylic acids is 1. The quantitative estimate of drug-likeness (QED) is 0.387. The maximum Gasteiger partial charge on any atom is 0.192 e. The van der Waals surface area contributed by atoms with Gasteiger partial charge < -0.3 is 8.85 Å². The van der Waals surface area contributed by atoms with Crippen LogP contribution in [0.4, 0.5) is 0 Å². The van der Waals surface area contributed by atoms with Crippen molar-refractivity contribution < 1.29 is 13.6 Å². The summed E-state index contributed by atoms with van der Waals surface area (Å²) in [7, 11) is -3.95. The summed E-state index contributed by atoms with van der Waals surface area (Å²) < 4.78 is 14.8. The number of ketones is 1. The fourth-order valence-corrected chi connectivity index (χ4v) is 10.1. The fraction of sp³-hybridized carbons (Fsp3) is 0.821. The highest BCUT2D eigenvalue weighted by Crippen LogP contribution is 2.74. The molecule has 0 amide bonds. The summed E-state index contributed by atoms with van der Waals surface area (Å²) in [5.41, 5.74) is 2.31. The molecule has 5 heteroatoms. The molecule has 3 nitrogen and oxygen atoms in total. The van der Waals surface area contributed by atoms with Gasteiger partial charge in [-0.25, -0.2) is 0 Å². The van der Waals surface area contributed by atoms with Crippen molar-refractivity contribution in [1.29, 1.82) is 0 Å². The third-order valence-electron chi connectivity index (χ3n) is 9.85. The van der Waals surface area contributed by atoms with Crippen LogP contribution in [0.15, 0.2) is 23.3 Å². The van der Waals surface area contributed by atoms with E-state index < -0.39 is 22.2 Å². The van der Waals surface area contributed by atoms with Crippen molar-refractivity contribution in [1.82, 2.24) is 0 Å². The highest BCUT2D eigenvalue weighted by atomic mass is 28.4. The summed E-state index contributed by atoms with van der Waals surface area (Å²) in [6.45, 7) is 28.4. The largest absolute Gasteiger partial charge is 0.413 e. The van der Waals surface area contributed by atoms with Crippen molar-refractivity contribution in [2.75, 3.05) is 0 Å². The Morgan fingerprint density at radius 1 is 1.03 bits per heavy atom. The van der Waals surface area contributed by atoms with Crippen LogP contribution >= 0.6 is 0 Å². The topological polar surface area (TPSA) is 35.5 Å². The zero-order chi connectivity index (χ0) is 24.9. The van der Waals surface area contributed by atoms with E-state index in [1.54, 1.807) is 0 Å². The van der Waals surface area contributed by atoms with Crippen LogP contribution in [0.25, 0.3) is 0 Å². The maximum absolute atomic E-state index is 12.8. The number of rotatable bonds is 4. The highest BCUT2D eigenvalue weighted by molar-refractivity contribution is 6.74. The minimum atomic E-state index is -2.01. The predicted octanol–water partition coefficient (Wildman–Crippen LogP) is 7.37. The van der Waals surface area contributed by atoms with Crippen LogP contribution in [0.5, 0.6) is 0 Å². The van der Waals surface area contributed by atoms with E-state index in [0.717, 1.165) is 0 Å². The Labute approximate surface area is 205 Å². The van der Waals surface area contributed by atoms with E-state index in [4.69, 9.17) is 8.85 Å². The Morgan fingerprint density at radius 3 is 2.18 bits per heavy atom. The summed E-state index contributed by atoms with van der Waals surface area (Å²) in [4.78, 5) is 12.8. The van der Waals surface area contributed by atoms with Gasteiger partial charge in [-0.3, -0.25) is 4.79 Å². The lowest BCUT2D eigenvalue weighted by Gasteiger charge is -2.55. The summed E-state index contributed by atoms with van der Waals surface area (Å²) in [6.07, 6.45) is 6.18. The smallest absolute Gasteiger partial charge is 0.192 e. The number of carbonyl (C=O) groups is 1. The summed E-state index contributed by atoms with van der Waals surface area (Å²) >= 11 is 0. The Bertz CT molecular complexity index is 901. The molecule has 0 radical (unpaired) electrons. The molecule has 0 aromatic carbocycles. The van der Waals surface area contributed by atoms with E-state index in [1.807, 2.05) is 6.08 Å². The van der Waals surface area contributed by atoms with Gasteiger partial charge in [0, 0.05) is 12.3 Å². The normalized spacial score (nSPS) is 40.3. The van der Waals surface area contributed by atoms with E-state index >= 15 is 0 Å². The monoisotopic (exact) mass is 488 g/mol. The molecular formula is C28H48O3Si2. The molecule has 186 valence electrons. The molecule has 4 aliphatic rings. The van der Waals surface area contributed by atoms with Crippen LogP contribution in [0, 0.1) is 35.0 Å². The predicted molar refractivity (Wildman–Crippen MR) is 142 cm³/mol. The summed E-state index contributed by atoms with van der Waals surface area (Å²) in [6, 6.07) is 0. The van der Waals surface area contributed by atoms with Crippen molar-refractivity contribution >= 4 is 22.4 Å². The standard InChI is InChI=1S/C28H48O3Si2/c1-17-13-19-15-20(29)16-21(19)28(31-32(8,9)10)18(2)14-22-23(27(22,6)7)24(28)25(17)30-33(11,12)26(3,4)5/h13,16-18,22-25H,14-15H2,1-12H3/t17-,18-,22?,23?,24-,25-,28+/m1/s1. The highest BCUT2D eigenvalue weighted by Gasteiger charge is 2.73. The average Bonchev–Trinajstić information content (AvgIpc) is 2.98. The Kier molecular flexibility index (Phi) is 5.82. The molecule has 4 aliphatic carbocycles. The molecule has 0 heterocycles. The van der Waals surface area contributed by atoms with Crippen molar-refractivity contribution in [3.8, 4) is 0 Å². The minimum absolute atomic E-state index is 0.119. The first kappa shape index (κ1) is 25.6. The number of allylic oxidation sites excluding steroid dienone is 1. The van der Waals surface area contributed by atoms with Gasteiger partial charge in [-0.2, -0.15) is 0 Å². The molecule has 7 atom stereocenters. The lowest BCUT2D eigenvalue weighted by molar-refractivity contribution is -0.114. The van der Waals surface area contributed by atoms with Crippen LogP contribution in [-0.2, 0) is 13.6 Å². The maximum atomic E-state index is 12.8. The van der Waals surface area contributed by atoms with Gasteiger partial charge in [0.25, 0.3) is 0 Å². The van der Waals surface area contributed by atoms with Gasteiger partial charge in [0.1, 0.15) is 0 Å². The molecule has 2 fully saturated rings. The third-order valence-corrected chi connectivity index (χ3v) is 15.3. The van der Waals surface area contributed by atoms with Crippen LogP contribution < -0.4 is 0 Å². The molecule has 0 saturated heterocycles. The van der Waals surface area contributed by atoms with Crippen LogP contribution in [0.2, 0.25) is 37.8 Å². The Balaban J connectivity index is 1.95. The second kappa shape index (κ2) is 7.50. The molecule has 0 aromatic heterocycles. The average molecular weight is 489 g/mol.